The van der Waals surface area contributed by atoms with Gasteiger partial charge in [0, 0.05) is 11.4 Å². The molecule has 1 amide bonds. The minimum atomic E-state index is -0.169. The summed E-state index contributed by atoms with van der Waals surface area (Å²) >= 11 is 1.30. The van der Waals surface area contributed by atoms with Crippen LogP contribution in [0.1, 0.15) is 5.56 Å². The third-order valence-electron chi connectivity index (χ3n) is 3.16. The monoisotopic (exact) mass is 335 g/mol. The van der Waals surface area contributed by atoms with Gasteiger partial charge in [-0.15, -0.1) is 10.2 Å². The number of aromatic nitrogens is 3. The van der Waals surface area contributed by atoms with E-state index in [1.165, 1.54) is 11.8 Å². The van der Waals surface area contributed by atoms with Crippen LogP contribution in [-0.4, -0.2) is 26.4 Å². The molecule has 0 atom stereocenters. The van der Waals surface area contributed by atoms with Crippen LogP contribution in [0.4, 0.5) is 5.69 Å². The van der Waals surface area contributed by atoms with Crippen molar-refractivity contribution in [2.75, 3.05) is 11.1 Å². The van der Waals surface area contributed by atoms with Gasteiger partial charge in [-0.3, -0.25) is 9.36 Å². The van der Waals surface area contributed by atoms with Crippen LogP contribution < -0.4 is 5.32 Å². The highest BCUT2D eigenvalue weighted by Crippen LogP contribution is 2.19. The van der Waals surface area contributed by atoms with Crippen LogP contribution in [-0.2, 0) is 4.79 Å². The first-order valence-electron chi connectivity index (χ1n) is 7.14. The topological polar surface area (TPSA) is 83.6 Å². The van der Waals surface area contributed by atoms with Crippen LogP contribution in [0.15, 0.2) is 66.1 Å². The molecule has 0 aliphatic carbocycles. The van der Waals surface area contributed by atoms with Crippen molar-refractivity contribution in [3.8, 4) is 11.8 Å². The number of carbonyl (C=O) groups excluding carboxylic acids is 1. The van der Waals surface area contributed by atoms with Crippen LogP contribution in [0, 0.1) is 11.3 Å². The highest BCUT2D eigenvalue weighted by molar-refractivity contribution is 7.99. The van der Waals surface area contributed by atoms with E-state index in [-0.39, 0.29) is 11.7 Å². The Labute approximate surface area is 143 Å². The summed E-state index contributed by atoms with van der Waals surface area (Å²) in [6, 6.07) is 18.5. The molecule has 2 aromatic carbocycles. The number of thioether (sulfide) groups is 1. The second-order valence-electron chi connectivity index (χ2n) is 4.85. The van der Waals surface area contributed by atoms with Gasteiger partial charge in [0.15, 0.2) is 5.16 Å². The maximum Gasteiger partial charge on any atom is 0.234 e. The summed E-state index contributed by atoms with van der Waals surface area (Å²) in [5, 5.41) is 20.2. The number of nitriles is 1. The largest absolute Gasteiger partial charge is 0.325 e. The molecule has 1 heterocycles. The molecular formula is C17H13N5OS. The van der Waals surface area contributed by atoms with Crippen molar-refractivity contribution in [1.82, 2.24) is 14.8 Å². The maximum atomic E-state index is 12.1. The van der Waals surface area contributed by atoms with Gasteiger partial charge in [-0.2, -0.15) is 5.26 Å². The molecule has 0 saturated heterocycles. The lowest BCUT2D eigenvalue weighted by atomic mass is 10.2. The van der Waals surface area contributed by atoms with Crippen molar-refractivity contribution in [2.24, 2.45) is 0 Å². The molecule has 0 aliphatic rings. The van der Waals surface area contributed by atoms with Crippen LogP contribution in [0.5, 0.6) is 0 Å². The Morgan fingerprint density at radius 2 is 2.04 bits per heavy atom. The normalized spacial score (nSPS) is 10.1. The lowest BCUT2D eigenvalue weighted by Gasteiger charge is -2.07. The van der Waals surface area contributed by atoms with Crippen molar-refractivity contribution in [3.63, 3.8) is 0 Å². The van der Waals surface area contributed by atoms with E-state index < -0.39 is 0 Å². The number of hydrogen-bond donors (Lipinski definition) is 1. The van der Waals surface area contributed by atoms with Gasteiger partial charge >= 0.3 is 0 Å². The predicted octanol–water partition coefficient (Wildman–Crippen LogP) is 2.87. The summed E-state index contributed by atoms with van der Waals surface area (Å²) in [5.74, 6) is 0.0279. The van der Waals surface area contributed by atoms with Crippen LogP contribution in [0.2, 0.25) is 0 Å². The average Bonchev–Trinajstić information content (AvgIpc) is 3.09. The smallest absolute Gasteiger partial charge is 0.234 e. The second kappa shape index (κ2) is 7.44. The van der Waals surface area contributed by atoms with E-state index in [1.54, 1.807) is 30.6 Å². The fourth-order valence-electron chi connectivity index (χ4n) is 2.08. The van der Waals surface area contributed by atoms with Gasteiger partial charge in [0.1, 0.15) is 6.33 Å². The lowest BCUT2D eigenvalue weighted by molar-refractivity contribution is -0.113. The Bertz CT molecular complexity index is 885. The minimum absolute atomic E-state index is 0.169. The minimum Gasteiger partial charge on any atom is -0.325 e. The molecule has 7 heteroatoms. The number of nitrogens with zero attached hydrogens (tertiary/aromatic N) is 4. The molecule has 1 aromatic heterocycles. The molecule has 0 unspecified atom stereocenters. The molecule has 0 fully saturated rings. The van der Waals surface area contributed by atoms with E-state index >= 15 is 0 Å². The number of para-hydroxylation sites is 1. The predicted molar refractivity (Wildman–Crippen MR) is 91.9 cm³/mol. The highest BCUT2D eigenvalue weighted by atomic mass is 32.2. The SMILES string of the molecule is N#Cc1cccc(NC(=O)CSc2nncn2-c2ccccc2)c1. The number of nitrogens with one attached hydrogen (secondary N) is 1. The highest BCUT2D eigenvalue weighted by Gasteiger charge is 2.10. The lowest BCUT2D eigenvalue weighted by Crippen LogP contribution is -2.14. The van der Waals surface area contributed by atoms with Crippen LogP contribution >= 0.6 is 11.8 Å². The molecule has 3 rings (SSSR count). The zero-order valence-corrected chi connectivity index (χ0v) is 13.4. The number of rotatable bonds is 5. The van der Waals surface area contributed by atoms with E-state index in [9.17, 15) is 4.79 Å². The number of carbonyl (C=O) groups is 1. The van der Waals surface area contributed by atoms with Crippen molar-refractivity contribution >= 4 is 23.4 Å². The molecule has 0 bridgehead atoms. The van der Waals surface area contributed by atoms with Crippen molar-refractivity contribution < 1.29 is 4.79 Å². The van der Waals surface area contributed by atoms with Crippen molar-refractivity contribution in [2.45, 2.75) is 5.16 Å². The Morgan fingerprint density at radius 3 is 2.83 bits per heavy atom. The van der Waals surface area contributed by atoms with E-state index in [4.69, 9.17) is 5.26 Å². The first-order valence-corrected chi connectivity index (χ1v) is 8.13. The number of amides is 1. The molecule has 0 saturated carbocycles. The van der Waals surface area contributed by atoms with Crippen LogP contribution in [0.3, 0.4) is 0 Å². The first kappa shape index (κ1) is 15.8. The summed E-state index contributed by atoms with van der Waals surface area (Å²) in [6.07, 6.45) is 1.62. The zero-order valence-electron chi connectivity index (χ0n) is 12.6. The standard InChI is InChI=1S/C17H13N5OS/c18-10-13-5-4-6-14(9-13)20-16(23)11-24-17-21-19-12-22(17)15-7-2-1-3-8-15/h1-9,12H,11H2,(H,20,23). The maximum absolute atomic E-state index is 12.1. The van der Waals surface area contributed by atoms with E-state index in [1.807, 2.05) is 41.0 Å². The summed E-state index contributed by atoms with van der Waals surface area (Å²) in [4.78, 5) is 12.1. The quantitative estimate of drug-likeness (QED) is 0.725. The second-order valence-corrected chi connectivity index (χ2v) is 5.79. The number of benzene rings is 2. The van der Waals surface area contributed by atoms with E-state index in [0.29, 0.717) is 16.4 Å². The molecule has 0 aliphatic heterocycles. The van der Waals surface area contributed by atoms with Gasteiger partial charge in [-0.1, -0.05) is 36.0 Å². The van der Waals surface area contributed by atoms with Crippen molar-refractivity contribution in [3.05, 3.63) is 66.5 Å². The van der Waals surface area contributed by atoms with Gasteiger partial charge in [0.05, 0.1) is 17.4 Å². The summed E-state index contributed by atoms with van der Waals surface area (Å²) in [7, 11) is 0. The molecular weight excluding hydrogens is 322 g/mol. The van der Waals surface area contributed by atoms with Crippen LogP contribution in [0.25, 0.3) is 5.69 Å². The summed E-state index contributed by atoms with van der Waals surface area (Å²) in [6.45, 7) is 0. The van der Waals surface area contributed by atoms with E-state index in [2.05, 4.69) is 15.5 Å². The van der Waals surface area contributed by atoms with Gasteiger partial charge in [0.2, 0.25) is 5.91 Å². The fourth-order valence-corrected chi connectivity index (χ4v) is 2.81. The molecule has 118 valence electrons. The van der Waals surface area contributed by atoms with Gasteiger partial charge in [0.25, 0.3) is 0 Å². The summed E-state index contributed by atoms with van der Waals surface area (Å²) in [5.41, 5.74) is 2.04. The fraction of sp³-hybridized carbons (Fsp3) is 0.0588. The molecule has 3 aromatic rings. The van der Waals surface area contributed by atoms with Gasteiger partial charge in [-0.25, -0.2) is 0 Å². The Balaban J connectivity index is 1.63. The Kier molecular flexibility index (Phi) is 4.89. The summed E-state index contributed by atoms with van der Waals surface area (Å²) < 4.78 is 1.83. The third-order valence-corrected chi connectivity index (χ3v) is 4.10. The molecule has 6 nitrogen and oxygen atoms in total. The number of hydrogen-bond acceptors (Lipinski definition) is 5. The van der Waals surface area contributed by atoms with Crippen molar-refractivity contribution in [1.29, 1.82) is 5.26 Å². The molecule has 24 heavy (non-hydrogen) atoms. The number of anilines is 1. The average molecular weight is 335 g/mol. The zero-order chi connectivity index (χ0) is 16.8. The third kappa shape index (κ3) is 3.80. The molecule has 0 spiro atoms. The van der Waals surface area contributed by atoms with Gasteiger partial charge < -0.3 is 5.32 Å². The Hall–Kier alpha value is -3.11. The molecule has 1 N–H and O–H groups in total. The Morgan fingerprint density at radius 1 is 1.21 bits per heavy atom. The first-order chi connectivity index (χ1) is 11.8. The van der Waals surface area contributed by atoms with E-state index in [0.717, 1.165) is 5.69 Å². The molecule has 0 radical (unpaired) electrons. The van der Waals surface area contributed by atoms with Gasteiger partial charge in [-0.05, 0) is 30.3 Å².